The molecular weight excluding hydrogens is 364 g/mol. The van der Waals surface area contributed by atoms with Crippen molar-refractivity contribution in [1.29, 1.82) is 0 Å². The van der Waals surface area contributed by atoms with Crippen molar-refractivity contribution >= 4 is 50.6 Å². The first-order valence-electron chi connectivity index (χ1n) is 9.54. The molecule has 0 aliphatic heterocycles. The van der Waals surface area contributed by atoms with Gasteiger partial charge in [-0.25, -0.2) is 9.36 Å². The molecule has 0 saturated heterocycles. The number of aldehydes is 1. The van der Waals surface area contributed by atoms with Crippen molar-refractivity contribution in [3.63, 3.8) is 0 Å². The molecule has 3 heterocycles. The van der Waals surface area contributed by atoms with Crippen LogP contribution in [0.2, 0.25) is 0 Å². The Morgan fingerprint density at radius 3 is 2.21 bits per heavy atom. The monoisotopic (exact) mass is 384 g/mol. The van der Waals surface area contributed by atoms with Crippen molar-refractivity contribution in [2.75, 3.05) is 0 Å². The van der Waals surface area contributed by atoms with E-state index >= 15 is 0 Å². The van der Waals surface area contributed by atoms with E-state index in [0.29, 0.717) is 16.6 Å². The number of rotatable bonds is 1. The molecule has 0 aliphatic rings. The van der Waals surface area contributed by atoms with Gasteiger partial charge in [0.25, 0.3) is 0 Å². The number of hydrogen-bond donors (Lipinski definition) is 0. The summed E-state index contributed by atoms with van der Waals surface area (Å²) in [6.07, 6.45) is 2.37. The summed E-state index contributed by atoms with van der Waals surface area (Å²) in [5.41, 5.74) is 3.00. The van der Waals surface area contributed by atoms with E-state index in [4.69, 9.17) is 4.74 Å². The van der Waals surface area contributed by atoms with Gasteiger partial charge in [0.15, 0.2) is 6.29 Å². The van der Waals surface area contributed by atoms with Crippen molar-refractivity contribution < 1.29 is 14.3 Å². The number of hydrogen-bond acceptors (Lipinski definition) is 3. The minimum absolute atomic E-state index is 0.459. The number of fused-ring (bicyclic) bond motifs is 7. The Hall–Kier alpha value is -3.60. The predicted octanol–water partition coefficient (Wildman–Crippen LogP) is 5.80. The Kier molecular flexibility index (Phi) is 3.59. The fourth-order valence-corrected chi connectivity index (χ4v) is 4.12. The van der Waals surface area contributed by atoms with Crippen molar-refractivity contribution in [2.24, 2.45) is 0 Å². The highest BCUT2D eigenvalue weighted by molar-refractivity contribution is 6.21. The summed E-state index contributed by atoms with van der Waals surface area (Å²) < 4.78 is 9.29. The molecule has 5 heteroatoms. The fourth-order valence-electron chi connectivity index (χ4n) is 4.12. The highest BCUT2D eigenvalue weighted by Gasteiger charge is 2.25. The lowest BCUT2D eigenvalue weighted by molar-refractivity contribution is 0.0551. The molecule has 0 bridgehead atoms. The minimum Gasteiger partial charge on any atom is -0.443 e. The molecular formula is C24H20N2O3. The largest absolute Gasteiger partial charge is 0.443 e. The first kappa shape index (κ1) is 17.5. The molecule has 0 spiro atoms. The summed E-state index contributed by atoms with van der Waals surface area (Å²) in [5.74, 6) is 0. The van der Waals surface area contributed by atoms with Gasteiger partial charge in [-0.2, -0.15) is 0 Å². The zero-order chi connectivity index (χ0) is 20.3. The molecule has 144 valence electrons. The summed E-state index contributed by atoms with van der Waals surface area (Å²) in [6, 6.07) is 17.5. The third-order valence-corrected chi connectivity index (χ3v) is 5.17. The average Bonchev–Trinajstić information content (AvgIpc) is 3.19. The molecule has 5 rings (SSSR count). The van der Waals surface area contributed by atoms with Gasteiger partial charge in [0, 0.05) is 27.9 Å². The minimum atomic E-state index is -0.639. The Morgan fingerprint density at radius 1 is 0.862 bits per heavy atom. The molecule has 29 heavy (non-hydrogen) atoms. The van der Waals surface area contributed by atoms with Crippen LogP contribution >= 0.6 is 0 Å². The van der Waals surface area contributed by atoms with Gasteiger partial charge in [-0.05, 0) is 39.0 Å². The van der Waals surface area contributed by atoms with Gasteiger partial charge in [0.1, 0.15) is 5.60 Å². The molecule has 0 unspecified atom stereocenters. The summed E-state index contributed by atoms with van der Waals surface area (Å²) in [6.45, 7) is 5.53. The highest BCUT2D eigenvalue weighted by Crippen LogP contribution is 2.36. The molecule has 0 amide bonds. The molecule has 0 aliphatic carbocycles. The van der Waals surface area contributed by atoms with Gasteiger partial charge in [-0.3, -0.25) is 4.79 Å². The number of aromatic nitrogens is 2. The fraction of sp³-hybridized carbons (Fsp3) is 0.167. The maximum atomic E-state index is 13.3. The van der Waals surface area contributed by atoms with Crippen LogP contribution in [-0.4, -0.2) is 26.9 Å². The van der Waals surface area contributed by atoms with Gasteiger partial charge in [0.05, 0.1) is 22.1 Å². The number of carbonyl (C=O) groups is 2. The van der Waals surface area contributed by atoms with Crippen LogP contribution in [0.5, 0.6) is 0 Å². The van der Waals surface area contributed by atoms with Crippen LogP contribution in [0.1, 0.15) is 31.1 Å². The van der Waals surface area contributed by atoms with E-state index in [0.717, 1.165) is 33.5 Å². The lowest BCUT2D eigenvalue weighted by Crippen LogP contribution is -2.27. The van der Waals surface area contributed by atoms with Crippen LogP contribution < -0.4 is 0 Å². The molecule has 0 N–H and O–H groups in total. The molecule has 0 radical (unpaired) electrons. The van der Waals surface area contributed by atoms with E-state index in [1.165, 1.54) is 0 Å². The highest BCUT2D eigenvalue weighted by atomic mass is 16.6. The third-order valence-electron chi connectivity index (χ3n) is 5.17. The van der Waals surface area contributed by atoms with Crippen LogP contribution in [0.15, 0.2) is 60.8 Å². The van der Waals surface area contributed by atoms with E-state index in [9.17, 15) is 9.59 Å². The Labute approximate surface area is 167 Å². The number of para-hydroxylation sites is 2. The molecule has 0 saturated carbocycles. The molecule has 5 aromatic rings. The second-order valence-corrected chi connectivity index (χ2v) is 8.18. The normalized spacial score (nSPS) is 12.2. The van der Waals surface area contributed by atoms with Gasteiger partial charge in [-0.15, -0.1) is 0 Å². The Morgan fingerprint density at radius 2 is 1.52 bits per heavy atom. The van der Waals surface area contributed by atoms with Gasteiger partial charge in [0.2, 0.25) is 0 Å². The van der Waals surface area contributed by atoms with Crippen LogP contribution in [0, 0.1) is 0 Å². The van der Waals surface area contributed by atoms with Crippen molar-refractivity contribution in [1.82, 2.24) is 8.97 Å². The quantitative estimate of drug-likeness (QED) is 0.343. The van der Waals surface area contributed by atoms with E-state index in [-0.39, 0.29) is 0 Å². The van der Waals surface area contributed by atoms with Crippen LogP contribution in [-0.2, 0) is 4.74 Å². The van der Waals surface area contributed by atoms with Gasteiger partial charge in [-0.1, -0.05) is 36.4 Å². The Bertz CT molecular complexity index is 1450. The van der Waals surface area contributed by atoms with Crippen LogP contribution in [0.4, 0.5) is 4.79 Å². The number of ether oxygens (including phenoxy) is 1. The van der Waals surface area contributed by atoms with E-state index in [1.807, 2.05) is 86.0 Å². The SMILES string of the molecule is CC(C)(C)OC(=O)n1c2ccccc2c2ccn3c4ccccc4c(C=O)c3c21. The Balaban J connectivity index is 2.03. The van der Waals surface area contributed by atoms with Crippen LogP contribution in [0.3, 0.4) is 0 Å². The van der Waals surface area contributed by atoms with E-state index < -0.39 is 11.7 Å². The zero-order valence-electron chi connectivity index (χ0n) is 16.5. The topological polar surface area (TPSA) is 52.7 Å². The molecule has 0 fully saturated rings. The summed E-state index contributed by atoms with van der Waals surface area (Å²) in [7, 11) is 0. The van der Waals surface area contributed by atoms with Crippen molar-refractivity contribution in [3.8, 4) is 0 Å². The summed E-state index contributed by atoms with van der Waals surface area (Å²) >= 11 is 0. The van der Waals surface area contributed by atoms with Gasteiger partial charge < -0.3 is 9.14 Å². The number of benzene rings is 2. The smallest absolute Gasteiger partial charge is 0.419 e. The summed E-state index contributed by atoms with van der Waals surface area (Å²) in [4.78, 5) is 25.4. The standard InChI is InChI=1S/C24H20N2O3/c1-24(2,3)29-23(28)26-20-11-7-5-8-15(20)17-12-13-25-19-10-6-4-9-16(19)18(14-27)21(25)22(17)26/h4-14H,1-3H3. The second kappa shape index (κ2) is 5.95. The second-order valence-electron chi connectivity index (χ2n) is 8.18. The molecule has 0 atom stereocenters. The van der Waals surface area contributed by atoms with Crippen molar-refractivity contribution in [2.45, 2.75) is 26.4 Å². The molecule has 3 aromatic heterocycles. The first-order valence-corrected chi connectivity index (χ1v) is 9.54. The molecule has 2 aromatic carbocycles. The molecule has 5 nitrogen and oxygen atoms in total. The number of nitrogens with zero attached hydrogens (tertiary/aromatic N) is 2. The predicted molar refractivity (Wildman–Crippen MR) is 115 cm³/mol. The van der Waals surface area contributed by atoms with Crippen molar-refractivity contribution in [3.05, 3.63) is 66.4 Å². The number of carbonyl (C=O) groups excluding carboxylic acids is 2. The lowest BCUT2D eigenvalue weighted by Gasteiger charge is -2.20. The zero-order valence-corrected chi connectivity index (χ0v) is 16.5. The maximum absolute atomic E-state index is 13.3. The average molecular weight is 384 g/mol. The van der Waals surface area contributed by atoms with Gasteiger partial charge >= 0.3 is 6.09 Å². The van der Waals surface area contributed by atoms with Crippen LogP contribution in [0.25, 0.3) is 38.2 Å². The third kappa shape index (κ3) is 2.47. The first-order chi connectivity index (χ1) is 13.9. The maximum Gasteiger partial charge on any atom is 0.419 e. The lowest BCUT2D eigenvalue weighted by atomic mass is 10.1. The summed E-state index contributed by atoms with van der Waals surface area (Å²) in [5, 5.41) is 2.71. The number of pyridine rings is 1. The van der Waals surface area contributed by atoms with E-state index in [1.54, 1.807) is 4.57 Å². The van der Waals surface area contributed by atoms with E-state index in [2.05, 4.69) is 0 Å².